The van der Waals surface area contributed by atoms with Crippen molar-refractivity contribution in [3.63, 3.8) is 0 Å². The zero-order valence-electron chi connectivity index (χ0n) is 11.2. The monoisotopic (exact) mass is 298 g/mol. The van der Waals surface area contributed by atoms with Crippen molar-refractivity contribution in [3.05, 3.63) is 23.8 Å². The molecule has 1 aromatic rings. The first kappa shape index (κ1) is 13.7. The first-order valence-electron chi connectivity index (χ1n) is 6.54. The Hall–Kier alpha value is -1.31. The van der Waals surface area contributed by atoms with Crippen molar-refractivity contribution in [3.8, 4) is 11.5 Å². The predicted octanol–water partition coefficient (Wildman–Crippen LogP) is -0.0280. The van der Waals surface area contributed by atoms with Gasteiger partial charge < -0.3 is 20.9 Å². The van der Waals surface area contributed by atoms with E-state index in [4.69, 9.17) is 20.9 Å². The van der Waals surface area contributed by atoms with Crippen molar-refractivity contribution in [2.45, 2.75) is 23.6 Å². The van der Waals surface area contributed by atoms with Crippen LogP contribution in [-0.4, -0.2) is 38.3 Å². The van der Waals surface area contributed by atoms with E-state index in [1.807, 2.05) is 6.07 Å². The molecule has 0 aromatic heterocycles. The second kappa shape index (κ2) is 4.34. The zero-order chi connectivity index (χ0) is 14.5. The number of nitrogens with two attached hydrogens (primary N) is 2. The topological polar surface area (TPSA) is 105 Å². The summed E-state index contributed by atoms with van der Waals surface area (Å²) in [5.74, 6) is 1.07. The molecule has 1 saturated carbocycles. The Balaban J connectivity index is 1.98. The molecule has 1 fully saturated rings. The molecule has 7 heteroatoms. The molecule has 6 nitrogen and oxygen atoms in total. The second-order valence-corrected chi connectivity index (χ2v) is 7.69. The van der Waals surface area contributed by atoms with E-state index in [1.165, 1.54) is 0 Å². The van der Waals surface area contributed by atoms with E-state index >= 15 is 0 Å². The van der Waals surface area contributed by atoms with Gasteiger partial charge >= 0.3 is 0 Å². The Labute approximate surface area is 118 Å². The van der Waals surface area contributed by atoms with E-state index in [1.54, 1.807) is 19.1 Å². The molecule has 3 atom stereocenters. The molecule has 0 bridgehead atoms. The smallest absolute Gasteiger partial charge is 0.231 e. The van der Waals surface area contributed by atoms with Gasteiger partial charge in [0.15, 0.2) is 21.3 Å². The molecular weight excluding hydrogens is 280 g/mol. The third-order valence-electron chi connectivity index (χ3n) is 4.20. The summed E-state index contributed by atoms with van der Waals surface area (Å²) in [5, 5.41) is -0.620. The van der Waals surface area contributed by atoms with Crippen LogP contribution in [-0.2, 0) is 9.84 Å². The molecule has 0 saturated heterocycles. The van der Waals surface area contributed by atoms with Crippen molar-refractivity contribution >= 4 is 9.84 Å². The molecule has 4 N–H and O–H groups in total. The summed E-state index contributed by atoms with van der Waals surface area (Å²) in [7, 11) is -3.23. The average Bonchev–Trinajstić information content (AvgIpc) is 2.83. The van der Waals surface area contributed by atoms with E-state index in [2.05, 4.69) is 0 Å². The SMILES string of the molecule is CCS(=O)(=O)[C@@H]1[C@H](c2ccc3c(c2)OCO3)[C@@]1(N)CN. The van der Waals surface area contributed by atoms with Crippen molar-refractivity contribution < 1.29 is 17.9 Å². The molecule has 1 heterocycles. The van der Waals surface area contributed by atoms with Gasteiger partial charge in [0, 0.05) is 18.2 Å². The van der Waals surface area contributed by atoms with Gasteiger partial charge in [0.1, 0.15) is 0 Å². The molecular formula is C13H18N2O4S. The highest BCUT2D eigenvalue weighted by Crippen LogP contribution is 2.54. The van der Waals surface area contributed by atoms with E-state index < -0.39 is 20.6 Å². The zero-order valence-corrected chi connectivity index (χ0v) is 12.0. The molecule has 1 aliphatic heterocycles. The van der Waals surface area contributed by atoms with Crippen molar-refractivity contribution in [1.82, 2.24) is 0 Å². The number of fused-ring (bicyclic) bond motifs is 1. The lowest BCUT2D eigenvalue weighted by molar-refractivity contribution is 0.174. The Morgan fingerprint density at radius 1 is 1.35 bits per heavy atom. The van der Waals surface area contributed by atoms with Crippen LogP contribution in [0.25, 0.3) is 0 Å². The Morgan fingerprint density at radius 2 is 2.05 bits per heavy atom. The van der Waals surface area contributed by atoms with E-state index in [9.17, 15) is 8.42 Å². The normalized spacial score (nSPS) is 31.4. The van der Waals surface area contributed by atoms with Gasteiger partial charge in [-0.3, -0.25) is 0 Å². The van der Waals surface area contributed by atoms with Crippen LogP contribution in [0.4, 0.5) is 0 Å². The fourth-order valence-corrected chi connectivity index (χ4v) is 5.00. The lowest BCUT2D eigenvalue weighted by atomic mass is 10.1. The van der Waals surface area contributed by atoms with Crippen LogP contribution in [0.2, 0.25) is 0 Å². The maximum Gasteiger partial charge on any atom is 0.231 e. The molecule has 20 heavy (non-hydrogen) atoms. The molecule has 3 rings (SSSR count). The minimum Gasteiger partial charge on any atom is -0.454 e. The van der Waals surface area contributed by atoms with Gasteiger partial charge in [0.2, 0.25) is 6.79 Å². The van der Waals surface area contributed by atoms with Gasteiger partial charge in [-0.05, 0) is 17.7 Å². The summed E-state index contributed by atoms with van der Waals surface area (Å²) in [6, 6.07) is 5.42. The summed E-state index contributed by atoms with van der Waals surface area (Å²) >= 11 is 0. The minimum absolute atomic E-state index is 0.0671. The standard InChI is InChI=1S/C13H18N2O4S/c1-2-20(16,17)12-11(13(12,15)6-14)8-3-4-9-10(5-8)19-7-18-9/h3-5,11-12H,2,6-7,14-15H2,1H3/t11-,12+,13-/m0/s1. The summed E-state index contributed by atoms with van der Waals surface area (Å²) < 4.78 is 34.9. The Morgan fingerprint density at radius 3 is 2.70 bits per heavy atom. The summed E-state index contributed by atoms with van der Waals surface area (Å²) in [6.45, 7) is 1.95. The number of hydrogen-bond acceptors (Lipinski definition) is 6. The maximum atomic E-state index is 12.2. The second-order valence-electron chi connectivity index (χ2n) is 5.28. The highest BCUT2D eigenvalue weighted by atomic mass is 32.2. The molecule has 2 aliphatic rings. The molecule has 0 radical (unpaired) electrons. The molecule has 0 spiro atoms. The molecule has 0 amide bonds. The van der Waals surface area contributed by atoms with Crippen LogP contribution >= 0.6 is 0 Å². The fraction of sp³-hybridized carbons (Fsp3) is 0.538. The lowest BCUT2D eigenvalue weighted by Crippen LogP contribution is -2.39. The van der Waals surface area contributed by atoms with Gasteiger partial charge in [-0.25, -0.2) is 8.42 Å². The highest BCUT2D eigenvalue weighted by Gasteiger charge is 2.67. The lowest BCUT2D eigenvalue weighted by Gasteiger charge is -2.08. The number of hydrogen-bond donors (Lipinski definition) is 2. The molecule has 0 unspecified atom stereocenters. The van der Waals surface area contributed by atoms with Gasteiger partial charge in [0.05, 0.1) is 10.8 Å². The fourth-order valence-electron chi connectivity index (χ4n) is 2.98. The third-order valence-corrected chi connectivity index (χ3v) is 6.49. The molecule has 1 aliphatic carbocycles. The quantitative estimate of drug-likeness (QED) is 0.809. The summed E-state index contributed by atoms with van der Waals surface area (Å²) in [4.78, 5) is 0. The number of ether oxygens (including phenoxy) is 2. The average molecular weight is 298 g/mol. The van der Waals surface area contributed by atoms with Crippen molar-refractivity contribution in [2.75, 3.05) is 19.1 Å². The van der Waals surface area contributed by atoms with Crippen molar-refractivity contribution in [2.24, 2.45) is 11.5 Å². The first-order chi connectivity index (χ1) is 9.44. The largest absolute Gasteiger partial charge is 0.454 e. The minimum atomic E-state index is -3.23. The highest BCUT2D eigenvalue weighted by molar-refractivity contribution is 7.92. The van der Waals surface area contributed by atoms with Crippen LogP contribution in [0.1, 0.15) is 18.4 Å². The number of sulfone groups is 1. The van der Waals surface area contributed by atoms with Crippen LogP contribution in [0, 0.1) is 0 Å². The van der Waals surface area contributed by atoms with Gasteiger partial charge in [-0.15, -0.1) is 0 Å². The first-order valence-corrected chi connectivity index (χ1v) is 8.25. The maximum absolute atomic E-state index is 12.2. The third kappa shape index (κ3) is 1.81. The van der Waals surface area contributed by atoms with Gasteiger partial charge in [-0.1, -0.05) is 13.0 Å². The van der Waals surface area contributed by atoms with Crippen LogP contribution in [0.3, 0.4) is 0 Å². The Bertz CT molecular complexity index is 646. The van der Waals surface area contributed by atoms with E-state index in [0.29, 0.717) is 11.5 Å². The van der Waals surface area contributed by atoms with Crippen LogP contribution in [0.5, 0.6) is 11.5 Å². The Kier molecular flexibility index (Phi) is 2.97. The number of rotatable bonds is 4. The summed E-state index contributed by atoms with van der Waals surface area (Å²) in [5.41, 5.74) is 11.9. The van der Waals surface area contributed by atoms with Gasteiger partial charge in [0.25, 0.3) is 0 Å². The molecule has 110 valence electrons. The van der Waals surface area contributed by atoms with E-state index in [0.717, 1.165) is 5.56 Å². The van der Waals surface area contributed by atoms with Crippen LogP contribution in [0.15, 0.2) is 18.2 Å². The van der Waals surface area contributed by atoms with Crippen molar-refractivity contribution in [1.29, 1.82) is 0 Å². The van der Waals surface area contributed by atoms with E-state index in [-0.39, 0.29) is 25.0 Å². The summed E-state index contributed by atoms with van der Waals surface area (Å²) in [6.07, 6.45) is 0. The predicted molar refractivity (Wildman–Crippen MR) is 74.5 cm³/mol. The molecule has 1 aromatic carbocycles. The number of benzene rings is 1. The van der Waals surface area contributed by atoms with Crippen LogP contribution < -0.4 is 20.9 Å². The van der Waals surface area contributed by atoms with Gasteiger partial charge in [-0.2, -0.15) is 0 Å².